The largest absolute Gasteiger partial charge is 0.480 e. The topological polar surface area (TPSA) is 105 Å². The normalized spacial score (nSPS) is 14.6. The number of alkyl carbamates (subject to hydrolysis) is 1. The molecule has 0 heterocycles. The first kappa shape index (κ1) is 19.9. The third-order valence-electron chi connectivity index (χ3n) is 4.58. The number of carbonyl (C=O) groups excluding carboxylic acids is 1. The number of hydrogen-bond acceptors (Lipinski definition) is 5. The lowest BCUT2D eigenvalue weighted by Crippen LogP contribution is -2.44. The van der Waals surface area contributed by atoms with E-state index in [9.17, 15) is 14.7 Å². The maximum Gasteiger partial charge on any atom is 0.407 e. The van der Waals surface area contributed by atoms with Crippen molar-refractivity contribution in [3.8, 4) is 11.1 Å². The molecule has 7 heteroatoms. The number of carboxylic acid groups (broad SMARTS) is 1. The Balaban J connectivity index is 1.62. The molecule has 0 fully saturated rings. The lowest BCUT2D eigenvalue weighted by molar-refractivity contribution is -0.141. The maximum absolute atomic E-state index is 12.1. The van der Waals surface area contributed by atoms with Gasteiger partial charge >= 0.3 is 12.1 Å². The fourth-order valence-electron chi connectivity index (χ4n) is 3.31. The zero-order chi connectivity index (χ0) is 20.1. The van der Waals surface area contributed by atoms with Crippen molar-refractivity contribution in [1.82, 2.24) is 5.32 Å². The zero-order valence-electron chi connectivity index (χ0n) is 15.5. The van der Waals surface area contributed by atoms with Gasteiger partial charge < -0.3 is 25.0 Å². The van der Waals surface area contributed by atoms with Gasteiger partial charge in [-0.2, -0.15) is 0 Å². The standard InChI is InChI=1S/C21H23NO6/c1-13(23)10-27-12-19(20(24)25)22-21(26)28-11-18-16-8-4-2-6-14(16)15-7-3-5-9-17(15)18/h2-9,13,18-19,23H,10-12H2,1H3,(H,22,26)(H,24,25). The summed E-state index contributed by atoms with van der Waals surface area (Å²) in [7, 11) is 0. The summed E-state index contributed by atoms with van der Waals surface area (Å²) in [5.41, 5.74) is 4.38. The Morgan fingerprint density at radius 1 is 1.04 bits per heavy atom. The summed E-state index contributed by atoms with van der Waals surface area (Å²) in [6.07, 6.45) is -1.54. The molecule has 1 amide bonds. The second-order valence-corrected chi connectivity index (χ2v) is 6.75. The summed E-state index contributed by atoms with van der Waals surface area (Å²) in [6, 6.07) is 14.6. The van der Waals surface area contributed by atoms with Gasteiger partial charge in [0.15, 0.2) is 6.04 Å². The number of nitrogens with one attached hydrogen (secondary N) is 1. The number of carboxylic acids is 1. The number of ether oxygens (including phenoxy) is 2. The molecule has 2 aromatic rings. The van der Waals surface area contributed by atoms with Crippen LogP contribution in [0.15, 0.2) is 48.5 Å². The van der Waals surface area contributed by atoms with E-state index in [-0.39, 0.29) is 25.7 Å². The average Bonchev–Trinajstić information content (AvgIpc) is 2.99. The number of amides is 1. The fourth-order valence-corrected chi connectivity index (χ4v) is 3.31. The Bertz CT molecular complexity index is 805. The van der Waals surface area contributed by atoms with Crippen molar-refractivity contribution < 1.29 is 29.3 Å². The Kier molecular flexibility index (Phi) is 6.28. The average molecular weight is 385 g/mol. The van der Waals surface area contributed by atoms with E-state index >= 15 is 0 Å². The van der Waals surface area contributed by atoms with Crippen LogP contribution in [-0.2, 0) is 14.3 Å². The summed E-state index contributed by atoms with van der Waals surface area (Å²) in [5.74, 6) is -1.34. The summed E-state index contributed by atoms with van der Waals surface area (Å²) in [4.78, 5) is 23.4. The van der Waals surface area contributed by atoms with E-state index in [1.165, 1.54) is 6.92 Å². The number of benzene rings is 2. The SMILES string of the molecule is CC(O)COCC(NC(=O)OCC1c2ccccc2-c2ccccc21)C(=O)O. The van der Waals surface area contributed by atoms with Crippen LogP contribution in [0.1, 0.15) is 24.0 Å². The summed E-state index contributed by atoms with van der Waals surface area (Å²) < 4.78 is 10.4. The van der Waals surface area contributed by atoms with Crippen LogP contribution in [0.25, 0.3) is 11.1 Å². The molecule has 0 spiro atoms. The summed E-state index contributed by atoms with van der Waals surface area (Å²) >= 11 is 0. The van der Waals surface area contributed by atoms with E-state index < -0.39 is 24.2 Å². The zero-order valence-corrected chi connectivity index (χ0v) is 15.5. The van der Waals surface area contributed by atoms with Gasteiger partial charge in [0, 0.05) is 5.92 Å². The minimum absolute atomic E-state index is 0.0177. The maximum atomic E-state index is 12.1. The van der Waals surface area contributed by atoms with Crippen LogP contribution in [0.2, 0.25) is 0 Å². The van der Waals surface area contributed by atoms with Crippen LogP contribution in [0.3, 0.4) is 0 Å². The molecule has 3 N–H and O–H groups in total. The Labute approximate surface area is 162 Å². The number of fused-ring (bicyclic) bond motifs is 3. The number of aliphatic hydroxyl groups is 1. The molecule has 2 unspecified atom stereocenters. The molecular formula is C21H23NO6. The lowest BCUT2D eigenvalue weighted by Gasteiger charge is -2.18. The van der Waals surface area contributed by atoms with Gasteiger partial charge in [-0.05, 0) is 29.2 Å². The first-order chi connectivity index (χ1) is 13.5. The third kappa shape index (κ3) is 4.49. The van der Waals surface area contributed by atoms with E-state index in [0.29, 0.717) is 0 Å². The molecule has 0 saturated heterocycles. The molecule has 0 aromatic heterocycles. The lowest BCUT2D eigenvalue weighted by atomic mass is 9.98. The molecule has 7 nitrogen and oxygen atoms in total. The second kappa shape index (κ2) is 8.86. The highest BCUT2D eigenvalue weighted by Gasteiger charge is 2.29. The van der Waals surface area contributed by atoms with Gasteiger partial charge in [-0.3, -0.25) is 0 Å². The van der Waals surface area contributed by atoms with Crippen molar-refractivity contribution >= 4 is 12.1 Å². The van der Waals surface area contributed by atoms with Crippen molar-refractivity contribution in [3.63, 3.8) is 0 Å². The van der Waals surface area contributed by atoms with E-state index in [0.717, 1.165) is 22.3 Å². The number of aliphatic carboxylic acids is 1. The van der Waals surface area contributed by atoms with E-state index in [2.05, 4.69) is 5.32 Å². The van der Waals surface area contributed by atoms with Gasteiger partial charge in [0.1, 0.15) is 6.61 Å². The highest BCUT2D eigenvalue weighted by atomic mass is 16.6. The predicted molar refractivity (Wildman–Crippen MR) is 102 cm³/mol. The third-order valence-corrected chi connectivity index (χ3v) is 4.58. The van der Waals surface area contributed by atoms with Crippen LogP contribution >= 0.6 is 0 Å². The Hall–Kier alpha value is -2.90. The van der Waals surface area contributed by atoms with Crippen LogP contribution < -0.4 is 5.32 Å². The van der Waals surface area contributed by atoms with E-state index in [1.54, 1.807) is 0 Å². The molecule has 1 aliphatic rings. The Morgan fingerprint density at radius 3 is 2.14 bits per heavy atom. The fraction of sp³-hybridized carbons (Fsp3) is 0.333. The number of rotatable bonds is 8. The van der Waals surface area contributed by atoms with Crippen molar-refractivity contribution in [3.05, 3.63) is 59.7 Å². The van der Waals surface area contributed by atoms with Crippen LogP contribution in [0, 0.1) is 0 Å². The first-order valence-electron chi connectivity index (χ1n) is 9.07. The van der Waals surface area contributed by atoms with Gasteiger partial charge in [-0.25, -0.2) is 9.59 Å². The highest BCUT2D eigenvalue weighted by Crippen LogP contribution is 2.44. The molecule has 0 radical (unpaired) electrons. The number of hydrogen-bond donors (Lipinski definition) is 3. The first-order valence-corrected chi connectivity index (χ1v) is 9.07. The molecule has 1 aliphatic carbocycles. The molecule has 148 valence electrons. The van der Waals surface area contributed by atoms with Gasteiger partial charge in [0.05, 0.1) is 19.3 Å². The van der Waals surface area contributed by atoms with E-state index in [1.807, 2.05) is 48.5 Å². The highest BCUT2D eigenvalue weighted by molar-refractivity contribution is 5.81. The molecule has 0 aliphatic heterocycles. The van der Waals surface area contributed by atoms with Crippen molar-refractivity contribution in [2.45, 2.75) is 25.0 Å². The quantitative estimate of drug-likeness (QED) is 0.644. The van der Waals surface area contributed by atoms with Crippen molar-refractivity contribution in [1.29, 1.82) is 0 Å². The van der Waals surface area contributed by atoms with Crippen molar-refractivity contribution in [2.24, 2.45) is 0 Å². The van der Waals surface area contributed by atoms with Crippen LogP contribution in [0.4, 0.5) is 4.79 Å². The number of carbonyl (C=O) groups is 2. The van der Waals surface area contributed by atoms with Gasteiger partial charge in [0.2, 0.25) is 0 Å². The van der Waals surface area contributed by atoms with Gasteiger partial charge in [-0.15, -0.1) is 0 Å². The van der Waals surface area contributed by atoms with Crippen molar-refractivity contribution in [2.75, 3.05) is 19.8 Å². The molecule has 0 saturated carbocycles. The van der Waals surface area contributed by atoms with Gasteiger partial charge in [0.25, 0.3) is 0 Å². The molecule has 28 heavy (non-hydrogen) atoms. The molecular weight excluding hydrogens is 362 g/mol. The predicted octanol–water partition coefficient (Wildman–Crippen LogP) is 2.38. The molecule has 0 bridgehead atoms. The monoisotopic (exact) mass is 385 g/mol. The Morgan fingerprint density at radius 2 is 1.61 bits per heavy atom. The van der Waals surface area contributed by atoms with E-state index in [4.69, 9.17) is 14.6 Å². The molecule has 2 aromatic carbocycles. The number of aliphatic hydroxyl groups excluding tert-OH is 1. The summed E-state index contributed by atoms with van der Waals surface area (Å²) in [6.45, 7) is 1.34. The van der Waals surface area contributed by atoms with Gasteiger partial charge in [-0.1, -0.05) is 48.5 Å². The van der Waals surface area contributed by atoms with Crippen LogP contribution in [0.5, 0.6) is 0 Å². The minimum Gasteiger partial charge on any atom is -0.480 e. The molecule has 3 rings (SSSR count). The van der Waals surface area contributed by atoms with Crippen LogP contribution in [-0.4, -0.2) is 54.2 Å². The minimum atomic E-state index is -1.26. The second-order valence-electron chi connectivity index (χ2n) is 6.75. The smallest absolute Gasteiger partial charge is 0.407 e. The molecule has 2 atom stereocenters. The summed E-state index contributed by atoms with van der Waals surface area (Å²) in [5, 5.41) is 20.7.